The molecule has 58 valence electrons. The Hall–Kier alpha value is -0.830. The van der Waals surface area contributed by atoms with Gasteiger partial charge >= 0.3 is 0 Å². The topological polar surface area (TPSA) is 30.0 Å². The van der Waals surface area contributed by atoms with Crippen LogP contribution in [0.15, 0.2) is 17.2 Å². The lowest BCUT2D eigenvalue weighted by Crippen LogP contribution is -1.90. The first-order valence-electron chi connectivity index (χ1n) is 3.23. The molecule has 0 aromatic carbocycles. The number of thioether (sulfide) groups is 1. The molecule has 0 radical (unpaired) electrons. The Morgan fingerprint density at radius 2 is 2.36 bits per heavy atom. The Morgan fingerprint density at radius 1 is 1.64 bits per heavy atom. The average molecular weight is 167 g/mol. The fourth-order valence-corrected chi connectivity index (χ4v) is 1.25. The molecule has 1 rings (SSSR count). The van der Waals surface area contributed by atoms with E-state index in [0.29, 0.717) is 5.69 Å². The predicted molar refractivity (Wildman–Crippen MR) is 46.1 cm³/mol. The van der Waals surface area contributed by atoms with Crippen LogP contribution in [0.1, 0.15) is 16.1 Å². The Labute approximate surface area is 70.0 Å². The normalized spacial score (nSPS) is 9.64. The zero-order valence-electron chi connectivity index (χ0n) is 6.50. The summed E-state index contributed by atoms with van der Waals surface area (Å²) in [6.45, 7) is 1.89. The summed E-state index contributed by atoms with van der Waals surface area (Å²) in [5.41, 5.74) is 1.47. The van der Waals surface area contributed by atoms with Crippen molar-refractivity contribution in [3.05, 3.63) is 23.5 Å². The van der Waals surface area contributed by atoms with Crippen LogP contribution in [-0.2, 0) is 0 Å². The molecule has 1 aromatic rings. The fourth-order valence-electron chi connectivity index (χ4n) is 0.795. The lowest BCUT2D eigenvalue weighted by atomic mass is 10.2. The van der Waals surface area contributed by atoms with Crippen molar-refractivity contribution in [2.45, 2.75) is 11.8 Å². The van der Waals surface area contributed by atoms with E-state index in [1.165, 1.54) is 0 Å². The molecule has 0 saturated carbocycles. The van der Waals surface area contributed by atoms with Gasteiger partial charge in [0.05, 0.1) is 0 Å². The van der Waals surface area contributed by atoms with Crippen LogP contribution in [0, 0.1) is 6.92 Å². The monoisotopic (exact) mass is 167 g/mol. The van der Waals surface area contributed by atoms with Gasteiger partial charge in [-0.3, -0.25) is 9.78 Å². The van der Waals surface area contributed by atoms with Gasteiger partial charge in [0, 0.05) is 11.1 Å². The van der Waals surface area contributed by atoms with Gasteiger partial charge in [-0.25, -0.2) is 0 Å². The van der Waals surface area contributed by atoms with Crippen molar-refractivity contribution < 1.29 is 4.79 Å². The molecule has 0 spiro atoms. The van der Waals surface area contributed by atoms with Gasteiger partial charge in [0.2, 0.25) is 0 Å². The number of carbonyl (C=O) groups excluding carboxylic acids is 1. The van der Waals surface area contributed by atoms with Gasteiger partial charge in [-0.05, 0) is 24.8 Å². The van der Waals surface area contributed by atoms with Gasteiger partial charge in [-0.1, -0.05) is 0 Å². The van der Waals surface area contributed by atoms with Gasteiger partial charge in [0.1, 0.15) is 5.69 Å². The Bertz CT molecular complexity index is 273. The van der Waals surface area contributed by atoms with Crippen LogP contribution >= 0.6 is 11.8 Å². The Kier molecular flexibility index (Phi) is 2.65. The quantitative estimate of drug-likeness (QED) is 0.498. The summed E-state index contributed by atoms with van der Waals surface area (Å²) in [5, 5.41) is 0. The van der Waals surface area contributed by atoms with E-state index >= 15 is 0 Å². The molecule has 0 atom stereocenters. The van der Waals surface area contributed by atoms with Crippen molar-refractivity contribution in [3.8, 4) is 0 Å². The Morgan fingerprint density at radius 3 is 2.82 bits per heavy atom. The van der Waals surface area contributed by atoms with Crippen LogP contribution in [0.3, 0.4) is 0 Å². The zero-order chi connectivity index (χ0) is 8.27. The van der Waals surface area contributed by atoms with Crippen molar-refractivity contribution in [2.75, 3.05) is 6.26 Å². The molecule has 0 N–H and O–H groups in total. The number of rotatable bonds is 2. The highest BCUT2D eigenvalue weighted by Gasteiger charge is 1.98. The molecule has 2 nitrogen and oxygen atoms in total. The van der Waals surface area contributed by atoms with Crippen molar-refractivity contribution in [2.24, 2.45) is 0 Å². The smallest absolute Gasteiger partial charge is 0.168 e. The zero-order valence-corrected chi connectivity index (χ0v) is 7.31. The van der Waals surface area contributed by atoms with Gasteiger partial charge < -0.3 is 0 Å². The van der Waals surface area contributed by atoms with Crippen LogP contribution in [0.5, 0.6) is 0 Å². The first-order valence-corrected chi connectivity index (χ1v) is 4.46. The molecule has 0 amide bonds. The fraction of sp³-hybridized carbons (Fsp3) is 0.250. The summed E-state index contributed by atoms with van der Waals surface area (Å²) in [5.74, 6) is 0. The lowest BCUT2D eigenvalue weighted by molar-refractivity contribution is 0.111. The first-order chi connectivity index (χ1) is 5.27. The van der Waals surface area contributed by atoms with Crippen molar-refractivity contribution in [3.63, 3.8) is 0 Å². The summed E-state index contributed by atoms with van der Waals surface area (Å²) in [7, 11) is 0. The van der Waals surface area contributed by atoms with Crippen LogP contribution in [-0.4, -0.2) is 17.5 Å². The van der Waals surface area contributed by atoms with Gasteiger partial charge in [-0.2, -0.15) is 0 Å². The number of nitrogens with zero attached hydrogens (tertiary/aromatic N) is 1. The van der Waals surface area contributed by atoms with Crippen LogP contribution in [0.4, 0.5) is 0 Å². The molecule has 3 heteroatoms. The average Bonchev–Trinajstić information content (AvgIpc) is 2.04. The Balaban J connectivity index is 3.09. The number of hydrogen-bond acceptors (Lipinski definition) is 3. The standard InChI is InChI=1S/C8H9NOS/c1-6-3-7(11-2)4-9-8(6)5-10/h3-5H,1-2H3. The molecule has 0 saturated heterocycles. The van der Waals surface area contributed by atoms with Gasteiger partial charge in [-0.15, -0.1) is 11.8 Å². The largest absolute Gasteiger partial charge is 0.296 e. The second-order valence-corrected chi connectivity index (χ2v) is 3.07. The molecular formula is C8H9NOS. The van der Waals surface area contributed by atoms with Crippen LogP contribution in [0.2, 0.25) is 0 Å². The van der Waals surface area contributed by atoms with E-state index in [0.717, 1.165) is 16.7 Å². The number of carbonyl (C=O) groups is 1. The molecule has 0 fully saturated rings. The lowest BCUT2D eigenvalue weighted by Gasteiger charge is -1.98. The third-order valence-electron chi connectivity index (χ3n) is 1.44. The highest BCUT2D eigenvalue weighted by molar-refractivity contribution is 7.98. The number of aromatic nitrogens is 1. The molecule has 0 bridgehead atoms. The number of pyridine rings is 1. The molecule has 0 aliphatic carbocycles. The van der Waals surface area contributed by atoms with E-state index in [2.05, 4.69) is 4.98 Å². The van der Waals surface area contributed by atoms with E-state index in [9.17, 15) is 4.79 Å². The second-order valence-electron chi connectivity index (χ2n) is 2.20. The number of aryl methyl sites for hydroxylation is 1. The van der Waals surface area contributed by atoms with Crippen molar-refractivity contribution in [1.29, 1.82) is 0 Å². The summed E-state index contributed by atoms with van der Waals surface area (Å²) >= 11 is 1.62. The van der Waals surface area contributed by atoms with E-state index in [1.807, 2.05) is 19.2 Å². The predicted octanol–water partition coefficient (Wildman–Crippen LogP) is 1.92. The summed E-state index contributed by atoms with van der Waals surface area (Å²) in [6, 6.07) is 1.96. The maximum atomic E-state index is 10.4. The van der Waals surface area contributed by atoms with E-state index in [-0.39, 0.29) is 0 Å². The molecule has 0 unspecified atom stereocenters. The third-order valence-corrected chi connectivity index (χ3v) is 2.14. The summed E-state index contributed by atoms with van der Waals surface area (Å²) in [6.07, 6.45) is 4.47. The summed E-state index contributed by atoms with van der Waals surface area (Å²) < 4.78 is 0. The maximum Gasteiger partial charge on any atom is 0.168 e. The third kappa shape index (κ3) is 1.80. The molecule has 1 heterocycles. The molecule has 11 heavy (non-hydrogen) atoms. The van der Waals surface area contributed by atoms with Crippen molar-refractivity contribution >= 4 is 18.0 Å². The van der Waals surface area contributed by atoms with Crippen LogP contribution in [0.25, 0.3) is 0 Å². The van der Waals surface area contributed by atoms with Crippen LogP contribution < -0.4 is 0 Å². The van der Waals surface area contributed by atoms with Crippen molar-refractivity contribution in [1.82, 2.24) is 4.98 Å². The minimum atomic E-state index is 0.530. The SMILES string of the molecule is CSc1cnc(C=O)c(C)c1. The first kappa shape index (κ1) is 8.27. The minimum Gasteiger partial charge on any atom is -0.296 e. The maximum absolute atomic E-state index is 10.4. The second kappa shape index (κ2) is 3.53. The highest BCUT2D eigenvalue weighted by Crippen LogP contribution is 2.15. The van der Waals surface area contributed by atoms with Gasteiger partial charge in [0.15, 0.2) is 6.29 Å². The summed E-state index contributed by atoms with van der Waals surface area (Å²) in [4.78, 5) is 15.4. The number of aldehydes is 1. The minimum absolute atomic E-state index is 0.530. The van der Waals surface area contributed by atoms with E-state index < -0.39 is 0 Å². The van der Waals surface area contributed by atoms with Gasteiger partial charge in [0.25, 0.3) is 0 Å². The molecule has 0 aliphatic heterocycles. The molecule has 0 aliphatic rings. The molecular weight excluding hydrogens is 158 g/mol. The highest BCUT2D eigenvalue weighted by atomic mass is 32.2. The van der Waals surface area contributed by atoms with E-state index in [4.69, 9.17) is 0 Å². The van der Waals surface area contributed by atoms with E-state index in [1.54, 1.807) is 18.0 Å². The molecule has 1 aromatic heterocycles. The number of hydrogen-bond donors (Lipinski definition) is 0.